The van der Waals surface area contributed by atoms with Crippen LogP contribution in [-0.4, -0.2) is 35.9 Å². The zero-order valence-electron chi connectivity index (χ0n) is 13.2. The van der Waals surface area contributed by atoms with Crippen molar-refractivity contribution in [2.45, 2.75) is 32.9 Å². The highest BCUT2D eigenvalue weighted by Crippen LogP contribution is 2.20. The average molecular weight is 342 g/mol. The first kappa shape index (κ1) is 19.5. The Balaban J connectivity index is 2.59. The minimum Gasteiger partial charge on any atom is -0.345 e. The molecule has 24 heavy (non-hydrogen) atoms. The van der Waals surface area contributed by atoms with E-state index in [4.69, 9.17) is 5.41 Å². The van der Waals surface area contributed by atoms with Gasteiger partial charge in [0.25, 0.3) is 5.91 Å². The lowest BCUT2D eigenvalue weighted by Gasteiger charge is -2.09. The number of aryl methyl sites for hydroxylation is 1. The Morgan fingerprint density at radius 3 is 2.33 bits per heavy atom. The van der Waals surface area contributed by atoms with E-state index in [1.54, 1.807) is 6.92 Å². The highest BCUT2D eigenvalue weighted by molar-refractivity contribution is 6.04. The number of benzene rings is 1. The summed E-state index contributed by atoms with van der Waals surface area (Å²) in [5.74, 6) is -1.41. The van der Waals surface area contributed by atoms with Gasteiger partial charge in [0, 0.05) is 23.3 Å². The van der Waals surface area contributed by atoms with Gasteiger partial charge in [-0.15, -0.1) is 0 Å². The Hall–Kier alpha value is -2.51. The van der Waals surface area contributed by atoms with E-state index < -0.39 is 43.0 Å². The number of rotatable bonds is 7. The molecule has 0 saturated carbocycles. The van der Waals surface area contributed by atoms with Crippen molar-refractivity contribution < 1.29 is 27.6 Å². The summed E-state index contributed by atoms with van der Waals surface area (Å²) in [6, 6.07) is 4.46. The second kappa shape index (κ2) is 7.85. The van der Waals surface area contributed by atoms with Crippen LogP contribution in [-0.2, 0) is 4.79 Å². The molecule has 8 heteroatoms. The third-order valence-electron chi connectivity index (χ3n) is 3.15. The van der Waals surface area contributed by atoms with Gasteiger partial charge >= 0.3 is 6.18 Å². The molecule has 0 unspecified atom stereocenters. The summed E-state index contributed by atoms with van der Waals surface area (Å²) in [6.45, 7) is 2.55. The molecule has 5 nitrogen and oxygen atoms in total. The number of Topliss-reactive ketones (excluding diaryl/α,β-unsaturated/α-hetero) is 2. The van der Waals surface area contributed by atoms with Crippen molar-refractivity contribution in [3.63, 3.8) is 0 Å². The van der Waals surface area contributed by atoms with Crippen LogP contribution in [0.3, 0.4) is 0 Å². The molecule has 0 bridgehead atoms. The quantitative estimate of drug-likeness (QED) is 0.590. The lowest BCUT2D eigenvalue weighted by molar-refractivity contribution is -0.122. The minimum absolute atomic E-state index is 0.150. The number of alkyl halides is 3. The van der Waals surface area contributed by atoms with Crippen LogP contribution in [0, 0.1) is 12.3 Å². The molecule has 1 aromatic carbocycles. The van der Waals surface area contributed by atoms with Crippen LogP contribution in [0.2, 0.25) is 0 Å². The predicted octanol–water partition coefficient (Wildman–Crippen LogP) is 2.86. The first-order chi connectivity index (χ1) is 11.0. The minimum atomic E-state index is -4.53. The summed E-state index contributed by atoms with van der Waals surface area (Å²) in [5.41, 5.74) is 0.500. The van der Waals surface area contributed by atoms with E-state index in [9.17, 15) is 27.6 Å². The normalized spacial score (nSPS) is 11.0. The van der Waals surface area contributed by atoms with Gasteiger partial charge in [-0.2, -0.15) is 13.2 Å². The van der Waals surface area contributed by atoms with Gasteiger partial charge in [-0.05, 0) is 31.5 Å². The van der Waals surface area contributed by atoms with E-state index >= 15 is 0 Å². The lowest BCUT2D eigenvalue weighted by atomic mass is 10.0. The van der Waals surface area contributed by atoms with Crippen molar-refractivity contribution in [1.29, 1.82) is 5.41 Å². The molecule has 0 aromatic heterocycles. The first-order valence-electron chi connectivity index (χ1n) is 7.04. The van der Waals surface area contributed by atoms with Crippen molar-refractivity contribution in [3.8, 4) is 0 Å². The van der Waals surface area contributed by atoms with Gasteiger partial charge in [0.15, 0.2) is 11.6 Å². The molecule has 0 spiro atoms. The number of carbonyl (C=O) groups excluding carboxylic acids is 3. The van der Waals surface area contributed by atoms with E-state index in [-0.39, 0.29) is 11.3 Å². The van der Waals surface area contributed by atoms with E-state index in [2.05, 4.69) is 5.32 Å². The van der Waals surface area contributed by atoms with Crippen LogP contribution in [0.25, 0.3) is 0 Å². The summed E-state index contributed by atoms with van der Waals surface area (Å²) in [5, 5.41) is 9.44. The van der Waals surface area contributed by atoms with E-state index in [1.807, 2.05) is 0 Å². The van der Waals surface area contributed by atoms with Gasteiger partial charge < -0.3 is 10.7 Å². The van der Waals surface area contributed by atoms with Gasteiger partial charge in [0.05, 0.1) is 13.0 Å². The Labute approximate surface area is 136 Å². The SMILES string of the molecule is CC(=O)c1ccc(C(=O)NCC(=O)CC(=N)CC(F)(F)F)c(C)c1. The maximum absolute atomic E-state index is 12.1. The Kier molecular flexibility index (Phi) is 6.39. The number of hydrogen-bond acceptors (Lipinski definition) is 4. The third-order valence-corrected chi connectivity index (χ3v) is 3.15. The fourth-order valence-electron chi connectivity index (χ4n) is 2.02. The maximum atomic E-state index is 12.1. The monoisotopic (exact) mass is 342 g/mol. The topological polar surface area (TPSA) is 87.1 Å². The lowest BCUT2D eigenvalue weighted by Crippen LogP contribution is -2.31. The summed E-state index contributed by atoms with van der Waals surface area (Å²) < 4.78 is 36.2. The van der Waals surface area contributed by atoms with Gasteiger partial charge in [0.2, 0.25) is 0 Å². The molecule has 0 heterocycles. The van der Waals surface area contributed by atoms with E-state index in [0.717, 1.165) is 0 Å². The zero-order valence-corrected chi connectivity index (χ0v) is 13.2. The van der Waals surface area contributed by atoms with Gasteiger partial charge in [-0.1, -0.05) is 6.07 Å². The van der Waals surface area contributed by atoms with E-state index in [1.165, 1.54) is 25.1 Å². The molecule has 130 valence electrons. The molecule has 0 radical (unpaired) electrons. The molecular formula is C16H17F3N2O3. The number of halogens is 3. The van der Waals surface area contributed by atoms with E-state index in [0.29, 0.717) is 11.1 Å². The van der Waals surface area contributed by atoms with Gasteiger partial charge in [-0.3, -0.25) is 14.4 Å². The van der Waals surface area contributed by atoms with Crippen molar-refractivity contribution >= 4 is 23.2 Å². The van der Waals surface area contributed by atoms with Crippen LogP contribution in [0.1, 0.15) is 46.0 Å². The Morgan fingerprint density at radius 1 is 1.21 bits per heavy atom. The number of amides is 1. The number of ketones is 2. The molecule has 0 aliphatic rings. The fourth-order valence-corrected chi connectivity index (χ4v) is 2.02. The van der Waals surface area contributed by atoms with Gasteiger partial charge in [0.1, 0.15) is 0 Å². The molecule has 0 saturated heterocycles. The van der Waals surface area contributed by atoms with Crippen molar-refractivity contribution in [1.82, 2.24) is 5.32 Å². The second-order valence-electron chi connectivity index (χ2n) is 5.38. The second-order valence-corrected chi connectivity index (χ2v) is 5.38. The fraction of sp³-hybridized carbons (Fsp3) is 0.375. The zero-order chi connectivity index (χ0) is 18.5. The molecule has 0 atom stereocenters. The Bertz CT molecular complexity index is 682. The molecule has 0 fully saturated rings. The molecule has 1 amide bonds. The molecule has 2 N–H and O–H groups in total. The highest BCUT2D eigenvalue weighted by atomic mass is 19.4. The Morgan fingerprint density at radius 2 is 1.83 bits per heavy atom. The number of nitrogens with one attached hydrogen (secondary N) is 2. The molecule has 0 aliphatic heterocycles. The van der Waals surface area contributed by atoms with Crippen LogP contribution >= 0.6 is 0 Å². The smallest absolute Gasteiger partial charge is 0.345 e. The first-order valence-corrected chi connectivity index (χ1v) is 7.04. The largest absolute Gasteiger partial charge is 0.394 e. The number of carbonyl (C=O) groups is 3. The van der Waals surface area contributed by atoms with Crippen molar-refractivity contribution in [3.05, 3.63) is 34.9 Å². The molecule has 0 aliphatic carbocycles. The molecule has 1 rings (SSSR count). The maximum Gasteiger partial charge on any atom is 0.394 e. The van der Waals surface area contributed by atoms with Crippen LogP contribution in [0.15, 0.2) is 18.2 Å². The summed E-state index contributed by atoms with van der Waals surface area (Å²) in [4.78, 5) is 34.8. The van der Waals surface area contributed by atoms with Gasteiger partial charge in [-0.25, -0.2) is 0 Å². The molecule has 1 aromatic rings. The molecular weight excluding hydrogens is 325 g/mol. The average Bonchev–Trinajstić information content (AvgIpc) is 2.42. The third kappa shape index (κ3) is 6.31. The summed E-state index contributed by atoms with van der Waals surface area (Å²) in [6.07, 6.45) is -6.64. The van der Waals surface area contributed by atoms with Crippen LogP contribution < -0.4 is 5.32 Å². The summed E-state index contributed by atoms with van der Waals surface area (Å²) >= 11 is 0. The highest BCUT2D eigenvalue weighted by Gasteiger charge is 2.29. The summed E-state index contributed by atoms with van der Waals surface area (Å²) in [7, 11) is 0. The van der Waals surface area contributed by atoms with Crippen molar-refractivity contribution in [2.75, 3.05) is 6.54 Å². The van der Waals surface area contributed by atoms with Crippen molar-refractivity contribution in [2.24, 2.45) is 0 Å². The van der Waals surface area contributed by atoms with Crippen LogP contribution in [0.4, 0.5) is 13.2 Å². The van der Waals surface area contributed by atoms with Crippen LogP contribution in [0.5, 0.6) is 0 Å². The predicted molar refractivity (Wildman–Crippen MR) is 81.5 cm³/mol. The standard InChI is InChI=1S/C16H17F3N2O3/c1-9-5-11(10(2)22)3-4-14(9)15(24)21-8-13(23)6-12(20)7-16(17,18)19/h3-5,20H,6-8H2,1-2H3,(H,21,24). The number of hydrogen-bond donors (Lipinski definition) is 2.